The van der Waals surface area contributed by atoms with Gasteiger partial charge in [0.15, 0.2) is 5.16 Å². The van der Waals surface area contributed by atoms with Crippen LogP contribution in [0.5, 0.6) is 0 Å². The molecule has 0 amide bonds. The van der Waals surface area contributed by atoms with E-state index in [2.05, 4.69) is 11.2 Å². The van der Waals surface area contributed by atoms with Gasteiger partial charge >= 0.3 is 5.97 Å². The zero-order valence-electron chi connectivity index (χ0n) is 11.5. The van der Waals surface area contributed by atoms with Crippen molar-refractivity contribution in [1.82, 2.24) is 9.55 Å². The van der Waals surface area contributed by atoms with Gasteiger partial charge in [0, 0.05) is 11.3 Å². The van der Waals surface area contributed by atoms with Crippen LogP contribution in [0.15, 0.2) is 23.4 Å². The normalized spacial score (nSPS) is 16.3. The summed E-state index contributed by atoms with van der Waals surface area (Å²) < 4.78 is 15.7. The second-order valence-electron chi connectivity index (χ2n) is 5.18. The molecule has 0 saturated heterocycles. The number of thioether (sulfide) groups is 2. The highest BCUT2D eigenvalue weighted by Gasteiger charge is 2.43. The van der Waals surface area contributed by atoms with Crippen molar-refractivity contribution in [2.45, 2.75) is 29.3 Å². The minimum atomic E-state index is -0.879. The second-order valence-corrected chi connectivity index (χ2v) is 7.40. The summed E-state index contributed by atoms with van der Waals surface area (Å²) in [5.41, 5.74) is 1.45. The molecule has 0 radical (unpaired) electrons. The number of carbonyl (C=O) groups is 1. The lowest BCUT2D eigenvalue weighted by Crippen LogP contribution is -2.15. The summed E-state index contributed by atoms with van der Waals surface area (Å²) in [6.45, 7) is 0.746. The van der Waals surface area contributed by atoms with Crippen LogP contribution in [0.3, 0.4) is 0 Å². The number of nitrogens with zero attached hydrogens (tertiary/aromatic N) is 2. The van der Waals surface area contributed by atoms with E-state index in [0.717, 1.165) is 24.9 Å². The van der Waals surface area contributed by atoms with Crippen molar-refractivity contribution in [2.24, 2.45) is 0 Å². The molecule has 21 heavy (non-hydrogen) atoms. The van der Waals surface area contributed by atoms with Crippen molar-refractivity contribution in [3.63, 3.8) is 0 Å². The van der Waals surface area contributed by atoms with E-state index in [1.54, 1.807) is 6.07 Å². The van der Waals surface area contributed by atoms with E-state index in [0.29, 0.717) is 10.7 Å². The molecule has 1 aromatic carbocycles. The van der Waals surface area contributed by atoms with Crippen molar-refractivity contribution in [3.05, 3.63) is 24.0 Å². The Balaban J connectivity index is 2.01. The Morgan fingerprint density at radius 2 is 2.29 bits per heavy atom. The van der Waals surface area contributed by atoms with Crippen LogP contribution in [0, 0.1) is 5.82 Å². The van der Waals surface area contributed by atoms with E-state index in [4.69, 9.17) is 5.11 Å². The number of imidazole rings is 1. The van der Waals surface area contributed by atoms with Crippen LogP contribution in [0.25, 0.3) is 11.0 Å². The number of carboxylic acid groups (broad SMARTS) is 1. The largest absolute Gasteiger partial charge is 0.481 e. The van der Waals surface area contributed by atoms with E-state index in [9.17, 15) is 9.18 Å². The highest BCUT2D eigenvalue weighted by molar-refractivity contribution is 8.00. The van der Waals surface area contributed by atoms with Gasteiger partial charge in [-0.3, -0.25) is 4.79 Å². The molecule has 0 bridgehead atoms. The maximum atomic E-state index is 13.5. The summed E-state index contributed by atoms with van der Waals surface area (Å²) in [4.78, 5) is 15.2. The number of carboxylic acids is 1. The zero-order valence-corrected chi connectivity index (χ0v) is 13.1. The molecule has 3 rings (SSSR count). The van der Waals surface area contributed by atoms with Gasteiger partial charge in [-0.25, -0.2) is 9.37 Å². The fourth-order valence-electron chi connectivity index (χ4n) is 2.32. The van der Waals surface area contributed by atoms with E-state index in [-0.39, 0.29) is 16.3 Å². The van der Waals surface area contributed by atoms with Crippen molar-refractivity contribution in [1.29, 1.82) is 0 Å². The van der Waals surface area contributed by atoms with E-state index in [1.165, 1.54) is 23.9 Å². The topological polar surface area (TPSA) is 55.1 Å². The second kappa shape index (κ2) is 5.53. The van der Waals surface area contributed by atoms with Gasteiger partial charge in [0.25, 0.3) is 0 Å². The summed E-state index contributed by atoms with van der Waals surface area (Å²) >= 11 is 3.00. The molecule has 1 aromatic heterocycles. The quantitative estimate of drug-likeness (QED) is 0.826. The minimum Gasteiger partial charge on any atom is -0.481 e. The maximum absolute atomic E-state index is 13.5. The molecule has 0 aliphatic heterocycles. The summed E-state index contributed by atoms with van der Waals surface area (Å²) in [5.74, 6) is -1.22. The number of aliphatic carboxylic acids is 1. The molecular formula is C14H15FN2O2S2. The molecule has 1 aliphatic carbocycles. The first-order valence-electron chi connectivity index (χ1n) is 6.58. The number of rotatable bonds is 6. The Bertz CT molecular complexity index is 698. The van der Waals surface area contributed by atoms with Crippen LogP contribution in [0.4, 0.5) is 4.39 Å². The van der Waals surface area contributed by atoms with E-state index < -0.39 is 5.97 Å². The number of benzene rings is 1. The van der Waals surface area contributed by atoms with Gasteiger partial charge in [-0.05, 0) is 37.3 Å². The third-order valence-electron chi connectivity index (χ3n) is 3.69. The number of fused-ring (bicyclic) bond motifs is 1. The number of hydrogen-bond donors (Lipinski definition) is 1. The molecule has 112 valence electrons. The standard InChI is InChI=1S/C14H15FN2O2S2/c1-20-14(4-5-14)8-17-11-6-9(15)2-3-10(11)16-13(17)21-7-12(18)19/h2-3,6H,4-5,7-8H2,1H3,(H,18,19). The van der Waals surface area contributed by atoms with Crippen LogP contribution in [-0.4, -0.2) is 37.4 Å². The third kappa shape index (κ3) is 3.03. The van der Waals surface area contributed by atoms with Crippen molar-refractivity contribution in [3.8, 4) is 0 Å². The monoisotopic (exact) mass is 326 g/mol. The highest BCUT2D eigenvalue weighted by atomic mass is 32.2. The molecular weight excluding hydrogens is 311 g/mol. The van der Waals surface area contributed by atoms with Crippen LogP contribution >= 0.6 is 23.5 Å². The van der Waals surface area contributed by atoms with Crippen molar-refractivity contribution < 1.29 is 14.3 Å². The van der Waals surface area contributed by atoms with E-state index in [1.807, 2.05) is 16.3 Å². The third-order valence-corrected chi connectivity index (χ3v) is 6.05. The summed E-state index contributed by atoms with van der Waals surface area (Å²) in [5, 5.41) is 9.51. The average Bonchev–Trinajstić information content (AvgIpc) is 3.15. The molecule has 1 aliphatic rings. The van der Waals surface area contributed by atoms with Gasteiger partial charge in [0.2, 0.25) is 0 Å². The molecule has 1 saturated carbocycles. The minimum absolute atomic E-state index is 0.0436. The SMILES string of the molecule is CSC1(Cn2c(SCC(=O)O)nc3ccc(F)cc32)CC1. The lowest BCUT2D eigenvalue weighted by molar-refractivity contribution is -0.133. The first-order valence-corrected chi connectivity index (χ1v) is 8.80. The Morgan fingerprint density at radius 1 is 1.52 bits per heavy atom. The Hall–Kier alpha value is -1.21. The van der Waals surface area contributed by atoms with E-state index >= 15 is 0 Å². The van der Waals surface area contributed by atoms with Crippen LogP contribution in [0.1, 0.15) is 12.8 Å². The van der Waals surface area contributed by atoms with Crippen LogP contribution < -0.4 is 0 Å². The number of hydrogen-bond acceptors (Lipinski definition) is 4. The molecule has 7 heteroatoms. The molecule has 1 heterocycles. The van der Waals surface area contributed by atoms with Gasteiger partial charge in [-0.2, -0.15) is 11.8 Å². The first kappa shape index (κ1) is 14.7. The zero-order chi connectivity index (χ0) is 15.0. The van der Waals surface area contributed by atoms with Gasteiger partial charge in [-0.1, -0.05) is 11.8 Å². The molecule has 0 unspecified atom stereocenters. The van der Waals surface area contributed by atoms with Crippen molar-refractivity contribution in [2.75, 3.05) is 12.0 Å². The molecule has 0 atom stereocenters. The summed E-state index contributed by atoms with van der Waals surface area (Å²) in [6.07, 6.45) is 4.34. The molecule has 2 aromatic rings. The van der Waals surface area contributed by atoms with Gasteiger partial charge in [-0.15, -0.1) is 0 Å². The fourth-order valence-corrected chi connectivity index (χ4v) is 3.82. The molecule has 4 nitrogen and oxygen atoms in total. The number of halogens is 1. The average molecular weight is 326 g/mol. The number of aromatic nitrogens is 2. The molecule has 1 fully saturated rings. The Kier molecular flexibility index (Phi) is 3.88. The van der Waals surface area contributed by atoms with Gasteiger partial charge < -0.3 is 9.67 Å². The Labute approximate surface area is 130 Å². The molecule has 0 spiro atoms. The first-order chi connectivity index (χ1) is 10.0. The summed E-state index contributed by atoms with van der Waals surface area (Å²) in [6, 6.07) is 4.50. The highest BCUT2D eigenvalue weighted by Crippen LogP contribution is 2.49. The van der Waals surface area contributed by atoms with Gasteiger partial charge in [0.05, 0.1) is 16.8 Å². The van der Waals surface area contributed by atoms with Crippen molar-refractivity contribution >= 4 is 40.5 Å². The lowest BCUT2D eigenvalue weighted by Gasteiger charge is -2.15. The summed E-state index contributed by atoms with van der Waals surface area (Å²) in [7, 11) is 0. The van der Waals surface area contributed by atoms with Crippen LogP contribution in [0.2, 0.25) is 0 Å². The van der Waals surface area contributed by atoms with Gasteiger partial charge in [0.1, 0.15) is 5.82 Å². The maximum Gasteiger partial charge on any atom is 0.313 e. The lowest BCUT2D eigenvalue weighted by atomic mass is 10.3. The Morgan fingerprint density at radius 3 is 2.90 bits per heavy atom. The smallest absolute Gasteiger partial charge is 0.313 e. The fraction of sp³-hybridized carbons (Fsp3) is 0.429. The van der Waals surface area contributed by atoms with Crippen LogP contribution in [-0.2, 0) is 11.3 Å². The molecule has 1 N–H and O–H groups in total. The predicted octanol–water partition coefficient (Wildman–Crippen LogP) is 3.25. The predicted molar refractivity (Wildman–Crippen MR) is 83.5 cm³/mol.